The maximum atomic E-state index is 12.9. The first-order valence-corrected chi connectivity index (χ1v) is 6.70. The van der Waals surface area contributed by atoms with Gasteiger partial charge in [-0.15, -0.1) is 0 Å². The second-order valence-corrected chi connectivity index (χ2v) is 4.90. The Kier molecular flexibility index (Phi) is 5.37. The van der Waals surface area contributed by atoms with Crippen LogP contribution in [0.5, 0.6) is 5.75 Å². The Labute approximate surface area is 128 Å². The van der Waals surface area contributed by atoms with Gasteiger partial charge in [0.25, 0.3) is 0 Å². The molecule has 1 atom stereocenters. The predicted molar refractivity (Wildman–Crippen MR) is 70.9 cm³/mol. The summed E-state index contributed by atoms with van der Waals surface area (Å²) < 4.78 is 66.8. The average Bonchev–Trinajstić information content (AvgIpc) is 2.91. The summed E-state index contributed by atoms with van der Waals surface area (Å²) in [4.78, 5) is 11.8. The van der Waals surface area contributed by atoms with Crippen LogP contribution in [0.1, 0.15) is 18.4 Å². The van der Waals surface area contributed by atoms with Gasteiger partial charge in [0.15, 0.2) is 0 Å². The standard InChI is InChI=1S/C13H14F5N3O2/c14-12(15)23-10-2-1-7(5-9(10)13(16,17)18)20-11(22)6-8-3-4-19-21-8/h1-2,5,8,12,19,21H,3-4,6H2,(H,20,22). The quantitative estimate of drug-likeness (QED) is 0.722. The summed E-state index contributed by atoms with van der Waals surface area (Å²) in [5.41, 5.74) is 4.15. The smallest absolute Gasteiger partial charge is 0.420 e. The molecule has 3 N–H and O–H groups in total. The molecule has 1 unspecified atom stereocenters. The number of halogens is 5. The van der Waals surface area contributed by atoms with Crippen LogP contribution >= 0.6 is 0 Å². The van der Waals surface area contributed by atoms with Crippen LogP contribution in [0.25, 0.3) is 0 Å². The highest BCUT2D eigenvalue weighted by molar-refractivity contribution is 5.91. The molecule has 23 heavy (non-hydrogen) atoms. The second kappa shape index (κ2) is 7.09. The summed E-state index contributed by atoms with van der Waals surface area (Å²) in [6, 6.07) is 2.28. The molecule has 1 aliphatic rings. The molecule has 1 amide bonds. The van der Waals surface area contributed by atoms with Crippen molar-refractivity contribution in [3.05, 3.63) is 23.8 Å². The van der Waals surface area contributed by atoms with Gasteiger partial charge in [-0.3, -0.25) is 15.6 Å². The molecule has 0 aromatic heterocycles. The number of anilines is 1. The van der Waals surface area contributed by atoms with Crippen LogP contribution < -0.4 is 20.9 Å². The lowest BCUT2D eigenvalue weighted by Gasteiger charge is -2.15. The molecule has 10 heteroatoms. The first-order chi connectivity index (χ1) is 10.8. The summed E-state index contributed by atoms with van der Waals surface area (Å²) in [6.07, 6.45) is -4.10. The van der Waals surface area contributed by atoms with Crippen molar-refractivity contribution in [2.75, 3.05) is 11.9 Å². The van der Waals surface area contributed by atoms with Gasteiger partial charge in [-0.1, -0.05) is 0 Å². The minimum absolute atomic E-state index is 0.0731. The van der Waals surface area contributed by atoms with Gasteiger partial charge in [-0.05, 0) is 24.6 Å². The molecule has 0 saturated carbocycles. The number of ether oxygens (including phenoxy) is 1. The molecule has 0 aliphatic carbocycles. The van der Waals surface area contributed by atoms with E-state index in [2.05, 4.69) is 20.9 Å². The maximum absolute atomic E-state index is 12.9. The van der Waals surface area contributed by atoms with Crippen LogP contribution in [-0.4, -0.2) is 25.1 Å². The van der Waals surface area contributed by atoms with Crippen molar-refractivity contribution < 1.29 is 31.5 Å². The summed E-state index contributed by atoms with van der Waals surface area (Å²) in [7, 11) is 0. The van der Waals surface area contributed by atoms with Gasteiger partial charge in [0.2, 0.25) is 5.91 Å². The summed E-state index contributed by atoms with van der Waals surface area (Å²) in [6.45, 7) is -2.69. The molecule has 1 fully saturated rings. The highest BCUT2D eigenvalue weighted by atomic mass is 19.4. The van der Waals surface area contributed by atoms with E-state index in [1.807, 2.05) is 0 Å². The zero-order valence-electron chi connectivity index (χ0n) is 11.7. The summed E-state index contributed by atoms with van der Waals surface area (Å²) in [5.74, 6) is -1.48. The van der Waals surface area contributed by atoms with E-state index in [0.717, 1.165) is 12.1 Å². The zero-order chi connectivity index (χ0) is 17.0. The Morgan fingerprint density at radius 1 is 1.39 bits per heavy atom. The van der Waals surface area contributed by atoms with Crippen molar-refractivity contribution in [2.45, 2.75) is 31.7 Å². The van der Waals surface area contributed by atoms with Gasteiger partial charge in [0, 0.05) is 24.7 Å². The van der Waals surface area contributed by atoms with E-state index in [1.165, 1.54) is 0 Å². The molecule has 1 heterocycles. The van der Waals surface area contributed by atoms with Crippen LogP contribution in [0.15, 0.2) is 18.2 Å². The monoisotopic (exact) mass is 339 g/mol. The second-order valence-electron chi connectivity index (χ2n) is 4.90. The van der Waals surface area contributed by atoms with E-state index in [0.29, 0.717) is 19.0 Å². The Hall–Kier alpha value is -1.94. The molecule has 128 valence electrons. The molecule has 1 aromatic carbocycles. The van der Waals surface area contributed by atoms with E-state index < -0.39 is 30.0 Å². The van der Waals surface area contributed by atoms with E-state index >= 15 is 0 Å². The van der Waals surface area contributed by atoms with Gasteiger partial charge >= 0.3 is 12.8 Å². The number of hydrogen-bond acceptors (Lipinski definition) is 4. The molecule has 0 radical (unpaired) electrons. The molecule has 1 aromatic rings. The average molecular weight is 339 g/mol. The number of carbonyl (C=O) groups is 1. The molecular weight excluding hydrogens is 325 g/mol. The topological polar surface area (TPSA) is 62.4 Å². The van der Waals surface area contributed by atoms with Crippen molar-refractivity contribution in [3.63, 3.8) is 0 Å². The number of rotatable bonds is 5. The Morgan fingerprint density at radius 2 is 2.13 bits per heavy atom. The normalized spacial score (nSPS) is 18.3. The fraction of sp³-hybridized carbons (Fsp3) is 0.462. The first-order valence-electron chi connectivity index (χ1n) is 6.70. The molecule has 5 nitrogen and oxygen atoms in total. The summed E-state index contributed by atoms with van der Waals surface area (Å²) in [5, 5.41) is 2.31. The van der Waals surface area contributed by atoms with E-state index in [4.69, 9.17) is 0 Å². The van der Waals surface area contributed by atoms with Crippen molar-refractivity contribution >= 4 is 11.6 Å². The third-order valence-corrected chi connectivity index (χ3v) is 3.14. The SMILES string of the molecule is O=C(CC1CCNN1)Nc1ccc(OC(F)F)c(C(F)(F)F)c1. The molecule has 0 spiro atoms. The minimum atomic E-state index is -4.89. The van der Waals surface area contributed by atoms with Gasteiger partial charge in [0.05, 0.1) is 5.56 Å². The number of nitrogens with one attached hydrogen (secondary N) is 3. The van der Waals surface area contributed by atoms with Crippen molar-refractivity contribution in [1.29, 1.82) is 0 Å². The molecular formula is C13H14F5N3O2. The molecule has 0 bridgehead atoms. The highest BCUT2D eigenvalue weighted by Crippen LogP contribution is 2.38. The Morgan fingerprint density at radius 3 is 2.70 bits per heavy atom. The molecule has 2 rings (SSSR count). The van der Waals surface area contributed by atoms with Crippen molar-refractivity contribution in [3.8, 4) is 5.75 Å². The number of amides is 1. The van der Waals surface area contributed by atoms with Crippen LogP contribution in [0, 0.1) is 0 Å². The van der Waals surface area contributed by atoms with Crippen LogP contribution in [0.3, 0.4) is 0 Å². The van der Waals surface area contributed by atoms with E-state index in [9.17, 15) is 26.7 Å². The van der Waals surface area contributed by atoms with E-state index in [-0.39, 0.29) is 18.2 Å². The fourth-order valence-electron chi connectivity index (χ4n) is 2.15. The lowest BCUT2D eigenvalue weighted by molar-refractivity contribution is -0.141. The van der Waals surface area contributed by atoms with Gasteiger partial charge in [-0.2, -0.15) is 22.0 Å². The lowest BCUT2D eigenvalue weighted by Crippen LogP contribution is -2.33. The summed E-state index contributed by atoms with van der Waals surface area (Å²) >= 11 is 0. The predicted octanol–water partition coefficient (Wildman–Crippen LogP) is 2.50. The largest absolute Gasteiger partial charge is 0.434 e. The Bertz CT molecular complexity index is 559. The van der Waals surface area contributed by atoms with Crippen LogP contribution in [0.4, 0.5) is 27.6 Å². The molecule has 1 saturated heterocycles. The number of carbonyl (C=O) groups excluding carboxylic acids is 1. The Balaban J connectivity index is 2.11. The fourth-order valence-corrected chi connectivity index (χ4v) is 2.15. The first kappa shape index (κ1) is 17.4. The molecule has 1 aliphatic heterocycles. The van der Waals surface area contributed by atoms with Gasteiger partial charge in [-0.25, -0.2) is 0 Å². The third kappa shape index (κ3) is 5.03. The highest BCUT2D eigenvalue weighted by Gasteiger charge is 2.35. The number of hydrogen-bond donors (Lipinski definition) is 3. The number of alkyl halides is 5. The minimum Gasteiger partial charge on any atom is -0.434 e. The van der Waals surface area contributed by atoms with Gasteiger partial charge < -0.3 is 10.1 Å². The van der Waals surface area contributed by atoms with Gasteiger partial charge in [0.1, 0.15) is 5.75 Å². The zero-order valence-corrected chi connectivity index (χ0v) is 11.7. The van der Waals surface area contributed by atoms with Crippen LogP contribution in [-0.2, 0) is 11.0 Å². The number of benzene rings is 1. The van der Waals surface area contributed by atoms with E-state index in [1.54, 1.807) is 0 Å². The van der Waals surface area contributed by atoms with Crippen molar-refractivity contribution in [1.82, 2.24) is 10.9 Å². The van der Waals surface area contributed by atoms with Crippen molar-refractivity contribution in [2.24, 2.45) is 0 Å². The third-order valence-electron chi connectivity index (χ3n) is 3.14. The maximum Gasteiger partial charge on any atom is 0.420 e. The van der Waals surface area contributed by atoms with Crippen LogP contribution in [0.2, 0.25) is 0 Å². The lowest BCUT2D eigenvalue weighted by atomic mass is 10.1. The number of hydrazine groups is 1.